The highest BCUT2D eigenvalue weighted by Gasteiger charge is 2.26. The molecule has 1 atom stereocenters. The van der Waals surface area contributed by atoms with Crippen LogP contribution in [0.5, 0.6) is 5.75 Å². The number of nitrogens with one attached hydrogen (secondary N) is 1. The molecule has 0 fully saturated rings. The Hall–Kier alpha value is -2.90. The summed E-state index contributed by atoms with van der Waals surface area (Å²) in [7, 11) is 0. The Balaban J connectivity index is 2.21. The van der Waals surface area contributed by atoms with Crippen molar-refractivity contribution in [1.82, 2.24) is 20.3 Å². The lowest BCUT2D eigenvalue weighted by Crippen LogP contribution is -2.44. The molecule has 1 heterocycles. The van der Waals surface area contributed by atoms with Gasteiger partial charge in [0.2, 0.25) is 0 Å². The number of hydrogen-bond acceptors (Lipinski definition) is 5. The zero-order chi connectivity index (χ0) is 19.4. The first kappa shape index (κ1) is 19.4. The summed E-state index contributed by atoms with van der Waals surface area (Å²) in [6.45, 7) is 9.05. The summed E-state index contributed by atoms with van der Waals surface area (Å²) < 4.78 is 7.13. The maximum absolute atomic E-state index is 12.4. The first-order valence-electron chi connectivity index (χ1n) is 8.43. The summed E-state index contributed by atoms with van der Waals surface area (Å²) in [4.78, 5) is 23.7. The van der Waals surface area contributed by atoms with Gasteiger partial charge < -0.3 is 15.2 Å². The van der Waals surface area contributed by atoms with Gasteiger partial charge in [-0.25, -0.2) is 9.48 Å². The van der Waals surface area contributed by atoms with E-state index in [2.05, 4.69) is 15.6 Å². The number of ether oxygens (including phenoxy) is 1. The van der Waals surface area contributed by atoms with Crippen LogP contribution < -0.4 is 10.1 Å². The molecule has 0 saturated heterocycles. The molecule has 2 aromatic rings. The lowest BCUT2D eigenvalue weighted by molar-refractivity contribution is -0.140. The van der Waals surface area contributed by atoms with E-state index in [9.17, 15) is 14.7 Å². The van der Waals surface area contributed by atoms with Crippen molar-refractivity contribution in [3.05, 3.63) is 35.7 Å². The fraction of sp³-hybridized carbons (Fsp3) is 0.444. The van der Waals surface area contributed by atoms with Crippen LogP contribution in [-0.2, 0) is 4.79 Å². The third kappa shape index (κ3) is 4.38. The molecule has 1 aromatic heterocycles. The minimum atomic E-state index is -1.08. The van der Waals surface area contributed by atoms with Crippen molar-refractivity contribution in [2.45, 2.75) is 46.8 Å². The van der Waals surface area contributed by atoms with Crippen LogP contribution in [-0.4, -0.2) is 44.1 Å². The summed E-state index contributed by atoms with van der Waals surface area (Å²) in [5.74, 6) is -1.16. The highest BCUT2D eigenvalue weighted by Crippen LogP contribution is 2.18. The predicted octanol–water partition coefficient (Wildman–Crippen LogP) is 2.20. The molecular formula is C18H24N4O4. The van der Waals surface area contributed by atoms with Gasteiger partial charge in [0.05, 0.1) is 17.5 Å². The molecule has 1 aromatic carbocycles. The van der Waals surface area contributed by atoms with E-state index in [1.807, 2.05) is 38.1 Å². The maximum Gasteiger partial charge on any atom is 0.326 e. The van der Waals surface area contributed by atoms with E-state index in [1.54, 1.807) is 20.8 Å². The minimum absolute atomic E-state index is 0.0763. The molecule has 0 aliphatic carbocycles. The van der Waals surface area contributed by atoms with Crippen LogP contribution in [0.4, 0.5) is 0 Å². The van der Waals surface area contributed by atoms with E-state index >= 15 is 0 Å². The second-order valence-corrected chi connectivity index (χ2v) is 6.63. The summed E-state index contributed by atoms with van der Waals surface area (Å²) in [6, 6.07) is 6.27. The van der Waals surface area contributed by atoms with Gasteiger partial charge in [-0.2, -0.15) is 0 Å². The number of amides is 1. The average molecular weight is 360 g/mol. The monoisotopic (exact) mass is 360 g/mol. The van der Waals surface area contributed by atoms with E-state index in [4.69, 9.17) is 4.74 Å². The molecule has 0 aliphatic rings. The molecule has 26 heavy (non-hydrogen) atoms. The fourth-order valence-corrected chi connectivity index (χ4v) is 2.45. The molecule has 0 spiro atoms. The highest BCUT2D eigenvalue weighted by atomic mass is 16.5. The van der Waals surface area contributed by atoms with Crippen molar-refractivity contribution in [3.8, 4) is 11.4 Å². The Kier molecular flexibility index (Phi) is 5.97. The lowest BCUT2D eigenvalue weighted by atomic mass is 10.0. The van der Waals surface area contributed by atoms with Gasteiger partial charge in [0.25, 0.3) is 5.91 Å². The van der Waals surface area contributed by atoms with Crippen molar-refractivity contribution < 1.29 is 19.4 Å². The van der Waals surface area contributed by atoms with Gasteiger partial charge in [-0.3, -0.25) is 4.79 Å². The van der Waals surface area contributed by atoms with E-state index in [1.165, 1.54) is 4.68 Å². The Morgan fingerprint density at radius 2 is 1.77 bits per heavy atom. The standard InChI is InChI=1S/C18H24N4O4/c1-10(2)15(18(24)25)19-17(23)16-12(5)22(21-20-16)13-6-8-14(9-7-13)26-11(3)4/h6-11,15H,1-5H3,(H,19,23)(H,24,25)/t15-/m1/s1. The number of benzene rings is 1. The predicted molar refractivity (Wildman–Crippen MR) is 95.6 cm³/mol. The number of carbonyl (C=O) groups is 2. The van der Waals surface area contributed by atoms with Crippen LogP contribution in [0.2, 0.25) is 0 Å². The number of nitrogens with zero attached hydrogens (tertiary/aromatic N) is 3. The normalized spacial score (nSPS) is 12.3. The lowest BCUT2D eigenvalue weighted by Gasteiger charge is -2.17. The first-order chi connectivity index (χ1) is 12.2. The van der Waals surface area contributed by atoms with Crippen LogP contribution in [0, 0.1) is 12.8 Å². The molecule has 0 radical (unpaired) electrons. The van der Waals surface area contributed by atoms with Crippen LogP contribution in [0.25, 0.3) is 5.69 Å². The highest BCUT2D eigenvalue weighted by molar-refractivity contribution is 5.95. The summed E-state index contributed by atoms with van der Waals surface area (Å²) in [6.07, 6.45) is 0.0763. The van der Waals surface area contributed by atoms with Gasteiger partial charge in [0, 0.05) is 0 Å². The van der Waals surface area contributed by atoms with E-state index in [-0.39, 0.29) is 17.7 Å². The Morgan fingerprint density at radius 1 is 1.15 bits per heavy atom. The van der Waals surface area contributed by atoms with Crippen LogP contribution in [0.1, 0.15) is 43.9 Å². The number of carboxylic acid groups (broad SMARTS) is 1. The second-order valence-electron chi connectivity index (χ2n) is 6.63. The molecule has 0 unspecified atom stereocenters. The molecule has 0 bridgehead atoms. The van der Waals surface area contributed by atoms with Gasteiger partial charge in [-0.1, -0.05) is 19.1 Å². The number of carboxylic acids is 1. The van der Waals surface area contributed by atoms with Crippen molar-refractivity contribution in [1.29, 1.82) is 0 Å². The SMILES string of the molecule is Cc1c(C(=O)N[C@@H](C(=O)O)C(C)C)nnn1-c1ccc(OC(C)C)cc1. The Morgan fingerprint density at radius 3 is 2.27 bits per heavy atom. The summed E-state index contributed by atoms with van der Waals surface area (Å²) in [5.41, 5.74) is 1.34. The van der Waals surface area contributed by atoms with Gasteiger partial charge in [0.1, 0.15) is 11.8 Å². The summed E-state index contributed by atoms with van der Waals surface area (Å²) >= 11 is 0. The number of aromatic nitrogens is 3. The topological polar surface area (TPSA) is 106 Å². The van der Waals surface area contributed by atoms with Crippen molar-refractivity contribution >= 4 is 11.9 Å². The quantitative estimate of drug-likeness (QED) is 0.784. The van der Waals surface area contributed by atoms with E-state index < -0.39 is 17.9 Å². The van der Waals surface area contributed by atoms with Gasteiger partial charge >= 0.3 is 5.97 Å². The minimum Gasteiger partial charge on any atom is -0.491 e. The molecule has 8 heteroatoms. The molecule has 0 saturated carbocycles. The van der Waals surface area contributed by atoms with Gasteiger partial charge in [-0.05, 0) is 51.0 Å². The molecule has 1 amide bonds. The Labute approximate surface area is 152 Å². The van der Waals surface area contributed by atoms with Crippen molar-refractivity contribution in [2.24, 2.45) is 5.92 Å². The largest absolute Gasteiger partial charge is 0.491 e. The number of carbonyl (C=O) groups excluding carboxylic acids is 1. The fourth-order valence-electron chi connectivity index (χ4n) is 2.45. The third-order valence-corrected chi connectivity index (χ3v) is 3.78. The zero-order valence-electron chi connectivity index (χ0n) is 15.6. The first-order valence-corrected chi connectivity index (χ1v) is 8.43. The summed E-state index contributed by atoms with van der Waals surface area (Å²) in [5, 5.41) is 19.6. The van der Waals surface area contributed by atoms with E-state index in [0.717, 1.165) is 11.4 Å². The van der Waals surface area contributed by atoms with Gasteiger partial charge in [-0.15, -0.1) is 5.10 Å². The van der Waals surface area contributed by atoms with Gasteiger partial charge in [0.15, 0.2) is 5.69 Å². The Bertz CT molecular complexity index is 781. The maximum atomic E-state index is 12.4. The van der Waals surface area contributed by atoms with E-state index in [0.29, 0.717) is 5.69 Å². The molecule has 0 aliphatic heterocycles. The molecule has 140 valence electrons. The van der Waals surface area contributed by atoms with Crippen molar-refractivity contribution in [3.63, 3.8) is 0 Å². The van der Waals surface area contributed by atoms with Crippen LogP contribution >= 0.6 is 0 Å². The second kappa shape index (κ2) is 7.99. The molecule has 8 nitrogen and oxygen atoms in total. The number of aliphatic carboxylic acids is 1. The number of rotatable bonds is 7. The van der Waals surface area contributed by atoms with Crippen LogP contribution in [0.3, 0.4) is 0 Å². The average Bonchev–Trinajstić information content (AvgIpc) is 2.93. The molecule has 2 N–H and O–H groups in total. The smallest absolute Gasteiger partial charge is 0.326 e. The number of hydrogen-bond donors (Lipinski definition) is 2. The van der Waals surface area contributed by atoms with Crippen LogP contribution in [0.15, 0.2) is 24.3 Å². The zero-order valence-corrected chi connectivity index (χ0v) is 15.6. The third-order valence-electron chi connectivity index (χ3n) is 3.78. The molecule has 2 rings (SSSR count). The van der Waals surface area contributed by atoms with Crippen molar-refractivity contribution in [2.75, 3.05) is 0 Å². The molecular weight excluding hydrogens is 336 g/mol.